The third-order valence-corrected chi connectivity index (χ3v) is 6.79. The summed E-state index contributed by atoms with van der Waals surface area (Å²) in [5.74, 6) is -1.39. The Hall–Kier alpha value is -3.72. The number of ether oxygens (including phenoxy) is 1. The number of rotatable bonds is 10. The molecule has 0 aliphatic heterocycles. The number of nitrogens with zero attached hydrogens (tertiary/aromatic N) is 1. The predicted molar refractivity (Wildman–Crippen MR) is 132 cm³/mol. The standard InChI is InChI=1S/C26H27N3O5S/c1-2-7-16(12-23(30)27-13-24-29-22(15-35-24)25(31)32)28-26(33)34-14-21-19-10-5-3-8-17(19)18-9-4-6-11-20(18)21/h3-6,8-11,15-16,21H,2,7,12-14H2,1H3,(H,27,30)(H,28,33)(H,31,32)/t16-/m0/s1. The Kier molecular flexibility index (Phi) is 7.77. The molecule has 0 radical (unpaired) electrons. The van der Waals surface area contributed by atoms with Crippen molar-refractivity contribution in [2.45, 2.75) is 44.7 Å². The number of carbonyl (C=O) groups excluding carboxylic acids is 2. The Balaban J connectivity index is 1.30. The molecule has 1 aliphatic rings. The average Bonchev–Trinajstić information content (AvgIpc) is 3.45. The van der Waals surface area contributed by atoms with Gasteiger partial charge in [-0.15, -0.1) is 11.3 Å². The number of aromatic carboxylic acids is 1. The molecule has 1 heterocycles. The summed E-state index contributed by atoms with van der Waals surface area (Å²) in [4.78, 5) is 39.9. The number of carboxylic acids is 1. The lowest BCUT2D eigenvalue weighted by atomic mass is 9.98. The van der Waals surface area contributed by atoms with Crippen LogP contribution in [0.5, 0.6) is 0 Å². The molecule has 182 valence electrons. The Morgan fingerprint density at radius 3 is 2.34 bits per heavy atom. The van der Waals surface area contributed by atoms with E-state index in [-0.39, 0.29) is 43.1 Å². The molecule has 0 saturated heterocycles. The number of hydrogen-bond donors (Lipinski definition) is 3. The lowest BCUT2D eigenvalue weighted by Gasteiger charge is -2.19. The molecule has 3 aromatic rings. The van der Waals surface area contributed by atoms with Crippen LogP contribution in [0.4, 0.5) is 4.79 Å². The van der Waals surface area contributed by atoms with Gasteiger partial charge in [-0.2, -0.15) is 0 Å². The number of benzene rings is 2. The van der Waals surface area contributed by atoms with Crippen molar-refractivity contribution < 1.29 is 24.2 Å². The van der Waals surface area contributed by atoms with Gasteiger partial charge in [-0.05, 0) is 28.7 Å². The van der Waals surface area contributed by atoms with Gasteiger partial charge in [0.05, 0.1) is 6.54 Å². The summed E-state index contributed by atoms with van der Waals surface area (Å²) in [6, 6.07) is 15.9. The number of carboxylic acid groups (broad SMARTS) is 1. The van der Waals surface area contributed by atoms with E-state index < -0.39 is 12.1 Å². The SMILES string of the molecule is CCC[C@@H](CC(=O)NCc1nc(C(=O)O)cs1)NC(=O)OCC1c2ccccc2-c2ccccc21. The van der Waals surface area contributed by atoms with Gasteiger partial charge < -0.3 is 20.5 Å². The Labute approximate surface area is 207 Å². The molecular weight excluding hydrogens is 466 g/mol. The van der Waals surface area contributed by atoms with Crippen molar-refractivity contribution in [2.75, 3.05) is 6.61 Å². The van der Waals surface area contributed by atoms with Crippen LogP contribution in [0.1, 0.15) is 58.7 Å². The van der Waals surface area contributed by atoms with Crippen molar-refractivity contribution in [1.29, 1.82) is 0 Å². The molecule has 0 saturated carbocycles. The van der Waals surface area contributed by atoms with Crippen LogP contribution in [0.25, 0.3) is 11.1 Å². The molecule has 0 spiro atoms. The maximum Gasteiger partial charge on any atom is 0.407 e. The first kappa shape index (κ1) is 24.4. The van der Waals surface area contributed by atoms with Gasteiger partial charge in [0.15, 0.2) is 5.69 Å². The zero-order valence-electron chi connectivity index (χ0n) is 19.3. The Bertz CT molecular complexity index is 1180. The number of hydrogen-bond acceptors (Lipinski definition) is 6. The van der Waals surface area contributed by atoms with E-state index in [0.717, 1.165) is 28.7 Å². The van der Waals surface area contributed by atoms with Crippen LogP contribution in [0, 0.1) is 0 Å². The third kappa shape index (κ3) is 5.86. The maximum absolute atomic E-state index is 12.6. The molecule has 1 atom stereocenters. The molecule has 0 bridgehead atoms. The quantitative estimate of drug-likeness (QED) is 0.381. The first-order chi connectivity index (χ1) is 17.0. The van der Waals surface area contributed by atoms with Gasteiger partial charge in [-0.25, -0.2) is 14.6 Å². The van der Waals surface area contributed by atoms with E-state index in [9.17, 15) is 14.4 Å². The Morgan fingerprint density at radius 1 is 1.09 bits per heavy atom. The second kappa shape index (κ2) is 11.1. The van der Waals surface area contributed by atoms with Gasteiger partial charge in [0.1, 0.15) is 11.6 Å². The lowest BCUT2D eigenvalue weighted by molar-refractivity contribution is -0.121. The highest BCUT2D eigenvalue weighted by atomic mass is 32.1. The normalized spacial score (nSPS) is 12.9. The summed E-state index contributed by atoms with van der Waals surface area (Å²) in [5.41, 5.74) is 4.56. The van der Waals surface area contributed by atoms with E-state index in [0.29, 0.717) is 11.4 Å². The van der Waals surface area contributed by atoms with Crippen LogP contribution in [0.3, 0.4) is 0 Å². The van der Waals surface area contributed by atoms with E-state index in [1.165, 1.54) is 16.7 Å². The van der Waals surface area contributed by atoms with Crippen molar-refractivity contribution in [3.8, 4) is 11.1 Å². The van der Waals surface area contributed by atoms with E-state index >= 15 is 0 Å². The largest absolute Gasteiger partial charge is 0.476 e. The van der Waals surface area contributed by atoms with Crippen molar-refractivity contribution in [1.82, 2.24) is 15.6 Å². The molecule has 0 fully saturated rings. The zero-order valence-corrected chi connectivity index (χ0v) is 20.1. The van der Waals surface area contributed by atoms with E-state index in [4.69, 9.17) is 9.84 Å². The molecule has 0 unspecified atom stereocenters. The molecule has 2 aromatic carbocycles. The van der Waals surface area contributed by atoms with Crippen molar-refractivity contribution in [2.24, 2.45) is 0 Å². The number of carbonyl (C=O) groups is 3. The monoisotopic (exact) mass is 493 g/mol. The van der Waals surface area contributed by atoms with Crippen LogP contribution in [0.15, 0.2) is 53.9 Å². The topological polar surface area (TPSA) is 118 Å². The van der Waals surface area contributed by atoms with Gasteiger partial charge in [0, 0.05) is 23.8 Å². The average molecular weight is 494 g/mol. The minimum atomic E-state index is -1.10. The molecular formula is C26H27N3O5S. The fourth-order valence-electron chi connectivity index (χ4n) is 4.34. The van der Waals surface area contributed by atoms with Crippen molar-refractivity contribution >= 4 is 29.3 Å². The second-order valence-corrected chi connectivity index (χ2v) is 9.31. The highest BCUT2D eigenvalue weighted by molar-refractivity contribution is 7.09. The molecule has 2 amide bonds. The van der Waals surface area contributed by atoms with Crippen LogP contribution in [0.2, 0.25) is 0 Å². The number of nitrogens with one attached hydrogen (secondary N) is 2. The smallest absolute Gasteiger partial charge is 0.407 e. The minimum absolute atomic E-state index is 0.0323. The summed E-state index contributed by atoms with van der Waals surface area (Å²) in [6.45, 7) is 2.33. The fraction of sp³-hybridized carbons (Fsp3) is 0.308. The summed E-state index contributed by atoms with van der Waals surface area (Å²) in [6.07, 6.45) is 0.952. The number of alkyl carbamates (subject to hydrolysis) is 1. The Morgan fingerprint density at radius 2 is 1.74 bits per heavy atom. The predicted octanol–water partition coefficient (Wildman–Crippen LogP) is 4.56. The van der Waals surface area contributed by atoms with Gasteiger partial charge in [-0.3, -0.25) is 4.79 Å². The number of aromatic nitrogens is 1. The van der Waals surface area contributed by atoms with Gasteiger partial charge in [-0.1, -0.05) is 61.9 Å². The lowest BCUT2D eigenvalue weighted by Crippen LogP contribution is -2.39. The van der Waals surface area contributed by atoms with Crippen molar-refractivity contribution in [3.63, 3.8) is 0 Å². The molecule has 4 rings (SSSR count). The highest BCUT2D eigenvalue weighted by Gasteiger charge is 2.29. The van der Waals surface area contributed by atoms with Crippen LogP contribution in [-0.2, 0) is 16.1 Å². The number of thiazole rings is 1. The van der Waals surface area contributed by atoms with E-state index in [1.54, 1.807) is 0 Å². The second-order valence-electron chi connectivity index (χ2n) is 8.37. The summed E-state index contributed by atoms with van der Waals surface area (Å²) < 4.78 is 5.61. The van der Waals surface area contributed by atoms with E-state index in [1.807, 2.05) is 31.2 Å². The molecule has 3 N–H and O–H groups in total. The maximum atomic E-state index is 12.6. The zero-order chi connectivity index (χ0) is 24.8. The number of amides is 2. The minimum Gasteiger partial charge on any atom is -0.476 e. The van der Waals surface area contributed by atoms with Crippen LogP contribution in [-0.4, -0.2) is 40.7 Å². The molecule has 35 heavy (non-hydrogen) atoms. The van der Waals surface area contributed by atoms with E-state index in [2.05, 4.69) is 39.9 Å². The first-order valence-electron chi connectivity index (χ1n) is 11.5. The van der Waals surface area contributed by atoms with Crippen LogP contribution < -0.4 is 10.6 Å². The molecule has 1 aliphatic carbocycles. The summed E-state index contributed by atoms with van der Waals surface area (Å²) >= 11 is 1.17. The van der Waals surface area contributed by atoms with Gasteiger partial charge >= 0.3 is 12.1 Å². The summed E-state index contributed by atoms with van der Waals surface area (Å²) in [5, 5.41) is 16.5. The third-order valence-electron chi connectivity index (χ3n) is 5.94. The first-order valence-corrected chi connectivity index (χ1v) is 12.4. The van der Waals surface area contributed by atoms with Gasteiger partial charge in [0.25, 0.3) is 0 Å². The molecule has 8 nitrogen and oxygen atoms in total. The fourth-order valence-corrected chi connectivity index (χ4v) is 5.05. The number of fused-ring (bicyclic) bond motifs is 3. The molecule has 1 aromatic heterocycles. The van der Waals surface area contributed by atoms with Crippen molar-refractivity contribution in [3.05, 3.63) is 75.7 Å². The summed E-state index contributed by atoms with van der Waals surface area (Å²) in [7, 11) is 0. The van der Waals surface area contributed by atoms with Gasteiger partial charge in [0.2, 0.25) is 5.91 Å². The highest BCUT2D eigenvalue weighted by Crippen LogP contribution is 2.44. The molecule has 9 heteroatoms. The van der Waals surface area contributed by atoms with Crippen LogP contribution >= 0.6 is 11.3 Å².